The van der Waals surface area contributed by atoms with E-state index in [0.29, 0.717) is 0 Å². The summed E-state index contributed by atoms with van der Waals surface area (Å²) in [5, 5.41) is 8.99. The van der Waals surface area contributed by atoms with E-state index in [1.807, 2.05) is 17.9 Å². The second kappa shape index (κ2) is 9.98. The van der Waals surface area contributed by atoms with E-state index in [1.54, 1.807) is 6.08 Å². The molecule has 0 atom stereocenters. The van der Waals surface area contributed by atoms with Gasteiger partial charge >= 0.3 is 0 Å². The molecule has 0 aromatic heterocycles. The highest BCUT2D eigenvalue weighted by Gasteiger charge is 2.17. The van der Waals surface area contributed by atoms with Gasteiger partial charge in [-0.2, -0.15) is 0 Å². The first-order chi connectivity index (χ1) is 8.96. The zero-order chi connectivity index (χ0) is 14.7. The monoisotopic (exact) mass is 271 g/mol. The standard InChI is InChI=1S/C15H31N2O2/c1-5-7-8-9-10-15(19)16(6-2)11-12-17(3,4)13-14-18/h9-10,18H,5-8,11-14H2,1-4H3/q+1/b10-9+. The van der Waals surface area contributed by atoms with Crippen LogP contribution in [0.1, 0.15) is 33.1 Å². The molecular weight excluding hydrogens is 240 g/mol. The summed E-state index contributed by atoms with van der Waals surface area (Å²) in [7, 11) is 4.15. The summed E-state index contributed by atoms with van der Waals surface area (Å²) >= 11 is 0. The molecule has 0 saturated heterocycles. The van der Waals surface area contributed by atoms with Gasteiger partial charge in [0.05, 0.1) is 33.8 Å². The second-order valence-electron chi connectivity index (χ2n) is 5.57. The predicted octanol–water partition coefficient (Wildman–Crippen LogP) is 1.65. The molecule has 0 aromatic carbocycles. The molecule has 0 aromatic rings. The highest BCUT2D eigenvalue weighted by Crippen LogP contribution is 2.01. The van der Waals surface area contributed by atoms with Gasteiger partial charge in [0, 0.05) is 6.54 Å². The quantitative estimate of drug-likeness (QED) is 0.373. The molecule has 4 heteroatoms. The lowest BCUT2D eigenvalue weighted by molar-refractivity contribution is -0.890. The van der Waals surface area contributed by atoms with E-state index in [-0.39, 0.29) is 12.5 Å². The van der Waals surface area contributed by atoms with Crippen LogP contribution in [-0.2, 0) is 4.79 Å². The molecule has 0 unspecified atom stereocenters. The van der Waals surface area contributed by atoms with E-state index in [2.05, 4.69) is 21.0 Å². The zero-order valence-electron chi connectivity index (χ0n) is 13.1. The van der Waals surface area contributed by atoms with Crippen molar-refractivity contribution in [1.82, 2.24) is 4.90 Å². The number of aliphatic hydroxyl groups excluding tert-OH is 1. The van der Waals surface area contributed by atoms with Gasteiger partial charge in [-0.1, -0.05) is 25.8 Å². The van der Waals surface area contributed by atoms with Crippen LogP contribution >= 0.6 is 0 Å². The number of quaternary nitrogens is 1. The van der Waals surface area contributed by atoms with Gasteiger partial charge in [-0.05, 0) is 19.4 Å². The third kappa shape index (κ3) is 8.78. The maximum absolute atomic E-state index is 12.0. The van der Waals surface area contributed by atoms with Crippen LogP contribution in [0.5, 0.6) is 0 Å². The molecule has 1 amide bonds. The number of hydrogen-bond acceptors (Lipinski definition) is 2. The second-order valence-corrected chi connectivity index (χ2v) is 5.57. The van der Waals surface area contributed by atoms with Gasteiger partial charge in [-0.3, -0.25) is 4.79 Å². The van der Waals surface area contributed by atoms with Gasteiger partial charge < -0.3 is 14.5 Å². The molecule has 0 heterocycles. The number of carbonyl (C=O) groups excluding carboxylic acids is 1. The molecule has 0 aliphatic carbocycles. The first-order valence-electron chi connectivity index (χ1n) is 7.35. The molecule has 0 aliphatic heterocycles. The molecule has 0 rings (SSSR count). The van der Waals surface area contributed by atoms with Gasteiger partial charge in [0.25, 0.3) is 0 Å². The number of hydrogen-bond donors (Lipinski definition) is 1. The highest BCUT2D eigenvalue weighted by atomic mass is 16.3. The smallest absolute Gasteiger partial charge is 0.246 e. The van der Waals surface area contributed by atoms with Crippen LogP contribution < -0.4 is 0 Å². The minimum absolute atomic E-state index is 0.0996. The Morgan fingerprint density at radius 1 is 1.26 bits per heavy atom. The van der Waals surface area contributed by atoms with Gasteiger partial charge in [0.2, 0.25) is 5.91 Å². The third-order valence-corrected chi connectivity index (χ3v) is 3.36. The molecule has 0 fully saturated rings. The van der Waals surface area contributed by atoms with Crippen LogP contribution in [0.2, 0.25) is 0 Å². The largest absolute Gasteiger partial charge is 0.391 e. The summed E-state index contributed by atoms with van der Waals surface area (Å²) in [5.74, 6) is 0.0996. The van der Waals surface area contributed by atoms with E-state index in [1.165, 1.54) is 0 Å². The van der Waals surface area contributed by atoms with Gasteiger partial charge in [0.15, 0.2) is 0 Å². The molecule has 0 spiro atoms. The lowest BCUT2D eigenvalue weighted by atomic mass is 10.2. The van der Waals surface area contributed by atoms with Crippen molar-refractivity contribution >= 4 is 5.91 Å². The normalized spacial score (nSPS) is 12.1. The van der Waals surface area contributed by atoms with Crippen LogP contribution in [0.15, 0.2) is 12.2 Å². The van der Waals surface area contributed by atoms with Crippen LogP contribution in [0.25, 0.3) is 0 Å². The molecule has 1 N–H and O–H groups in total. The molecule has 0 aliphatic rings. The molecule has 19 heavy (non-hydrogen) atoms. The summed E-state index contributed by atoms with van der Waals surface area (Å²) in [5.41, 5.74) is 0. The lowest BCUT2D eigenvalue weighted by Crippen LogP contribution is -2.47. The third-order valence-electron chi connectivity index (χ3n) is 3.36. The highest BCUT2D eigenvalue weighted by molar-refractivity contribution is 5.87. The number of amides is 1. The lowest BCUT2D eigenvalue weighted by Gasteiger charge is -2.31. The first-order valence-corrected chi connectivity index (χ1v) is 7.35. The molecule has 0 radical (unpaired) electrons. The SMILES string of the molecule is CCCC/C=C/C(=O)N(CC)CC[N+](C)(C)CCO. The van der Waals surface area contributed by atoms with E-state index in [0.717, 1.165) is 49.9 Å². The number of carbonyl (C=O) groups is 1. The van der Waals surface area contributed by atoms with Crippen LogP contribution in [0.3, 0.4) is 0 Å². The Kier molecular flexibility index (Phi) is 9.53. The first kappa shape index (κ1) is 18.1. The molecule has 0 bridgehead atoms. The maximum Gasteiger partial charge on any atom is 0.246 e. The fourth-order valence-electron chi connectivity index (χ4n) is 1.81. The van der Waals surface area contributed by atoms with Crippen LogP contribution in [0.4, 0.5) is 0 Å². The average Bonchev–Trinajstić information content (AvgIpc) is 2.35. The van der Waals surface area contributed by atoms with Crippen molar-refractivity contribution in [2.24, 2.45) is 0 Å². The Hall–Kier alpha value is -0.870. The van der Waals surface area contributed by atoms with Crippen molar-refractivity contribution in [3.8, 4) is 0 Å². The van der Waals surface area contributed by atoms with Crippen LogP contribution in [0, 0.1) is 0 Å². The summed E-state index contributed by atoms with van der Waals surface area (Å²) in [6.45, 7) is 7.39. The van der Waals surface area contributed by atoms with Gasteiger partial charge in [-0.25, -0.2) is 0 Å². The minimum atomic E-state index is 0.0996. The average molecular weight is 271 g/mol. The Morgan fingerprint density at radius 3 is 2.47 bits per heavy atom. The van der Waals surface area contributed by atoms with E-state index < -0.39 is 0 Å². The number of unbranched alkanes of at least 4 members (excludes halogenated alkanes) is 2. The molecule has 112 valence electrons. The van der Waals surface area contributed by atoms with E-state index >= 15 is 0 Å². The maximum atomic E-state index is 12.0. The number of allylic oxidation sites excluding steroid dienone is 1. The molecule has 0 saturated carbocycles. The summed E-state index contributed by atoms with van der Waals surface area (Å²) in [6.07, 6.45) is 6.94. The number of rotatable bonds is 10. The Morgan fingerprint density at radius 2 is 1.95 bits per heavy atom. The predicted molar refractivity (Wildman–Crippen MR) is 79.8 cm³/mol. The van der Waals surface area contributed by atoms with Crippen molar-refractivity contribution in [2.45, 2.75) is 33.1 Å². The summed E-state index contributed by atoms with van der Waals surface area (Å²) in [6, 6.07) is 0. The van der Waals surface area contributed by atoms with Crippen molar-refractivity contribution in [3.05, 3.63) is 12.2 Å². The van der Waals surface area contributed by atoms with Gasteiger partial charge in [0.1, 0.15) is 6.54 Å². The van der Waals surface area contributed by atoms with Crippen molar-refractivity contribution in [3.63, 3.8) is 0 Å². The Balaban J connectivity index is 4.19. The van der Waals surface area contributed by atoms with Crippen molar-refractivity contribution in [1.29, 1.82) is 0 Å². The number of likely N-dealkylation sites (N-methyl/N-ethyl adjacent to an activating group) is 2. The molecular formula is C15H31N2O2+. The van der Waals surface area contributed by atoms with E-state index in [9.17, 15) is 4.79 Å². The minimum Gasteiger partial charge on any atom is -0.391 e. The van der Waals surface area contributed by atoms with Crippen molar-refractivity contribution < 1.29 is 14.4 Å². The fourth-order valence-corrected chi connectivity index (χ4v) is 1.81. The van der Waals surface area contributed by atoms with Crippen LogP contribution in [-0.4, -0.2) is 67.3 Å². The van der Waals surface area contributed by atoms with Gasteiger partial charge in [-0.15, -0.1) is 0 Å². The zero-order valence-corrected chi connectivity index (χ0v) is 13.1. The summed E-state index contributed by atoms with van der Waals surface area (Å²) in [4.78, 5) is 13.9. The number of aliphatic hydroxyl groups is 1. The summed E-state index contributed by atoms with van der Waals surface area (Å²) < 4.78 is 0.736. The number of nitrogens with zero attached hydrogens (tertiary/aromatic N) is 2. The molecule has 4 nitrogen and oxygen atoms in total. The fraction of sp³-hybridized carbons (Fsp3) is 0.800. The Labute approximate surface area is 118 Å². The topological polar surface area (TPSA) is 40.5 Å². The van der Waals surface area contributed by atoms with E-state index in [4.69, 9.17) is 5.11 Å². The Bertz CT molecular complexity index is 275. The van der Waals surface area contributed by atoms with Crippen molar-refractivity contribution in [2.75, 3.05) is 46.9 Å².